The Hall–Kier alpha value is -1.66. The standard InChI is InChI=1S/C14H23N5O/c1-18-7-9-19(10-8-18)14-12(3-2-6-16-14)11-17-13(20)4-5-15/h2-3,6H,4-5,7-11,15H2,1H3,(H,17,20). The number of nitrogens with zero attached hydrogens (tertiary/aromatic N) is 3. The first-order valence-electron chi connectivity index (χ1n) is 7.05. The van der Waals surface area contributed by atoms with Gasteiger partial charge in [0.1, 0.15) is 5.82 Å². The van der Waals surface area contributed by atoms with E-state index in [9.17, 15) is 4.79 Å². The van der Waals surface area contributed by atoms with Gasteiger partial charge >= 0.3 is 0 Å². The van der Waals surface area contributed by atoms with Crippen LogP contribution in [-0.4, -0.2) is 55.6 Å². The van der Waals surface area contributed by atoms with Gasteiger partial charge in [-0.05, 0) is 13.1 Å². The van der Waals surface area contributed by atoms with Crippen LogP contribution in [0.3, 0.4) is 0 Å². The first-order valence-corrected chi connectivity index (χ1v) is 7.05. The van der Waals surface area contributed by atoms with E-state index in [4.69, 9.17) is 5.73 Å². The molecule has 1 aromatic heterocycles. The molecule has 2 rings (SSSR count). The maximum Gasteiger partial charge on any atom is 0.221 e. The lowest BCUT2D eigenvalue weighted by molar-refractivity contribution is -0.121. The van der Waals surface area contributed by atoms with Crippen LogP contribution in [0.4, 0.5) is 5.82 Å². The predicted molar refractivity (Wildman–Crippen MR) is 79.5 cm³/mol. The molecule has 0 aromatic carbocycles. The number of pyridine rings is 1. The van der Waals surface area contributed by atoms with Gasteiger partial charge in [-0.15, -0.1) is 0 Å². The second-order valence-corrected chi connectivity index (χ2v) is 5.09. The lowest BCUT2D eigenvalue weighted by Crippen LogP contribution is -2.45. The number of carbonyl (C=O) groups excluding carboxylic acids is 1. The minimum absolute atomic E-state index is 0.0133. The summed E-state index contributed by atoms with van der Waals surface area (Å²) in [6.07, 6.45) is 2.17. The summed E-state index contributed by atoms with van der Waals surface area (Å²) in [5.41, 5.74) is 6.43. The molecular weight excluding hydrogens is 254 g/mol. The molecule has 2 heterocycles. The molecule has 6 heteroatoms. The van der Waals surface area contributed by atoms with E-state index in [0.29, 0.717) is 19.5 Å². The van der Waals surface area contributed by atoms with Gasteiger partial charge in [0.15, 0.2) is 0 Å². The number of nitrogens with one attached hydrogen (secondary N) is 1. The number of amides is 1. The number of aromatic nitrogens is 1. The van der Waals surface area contributed by atoms with Crippen LogP contribution in [0, 0.1) is 0 Å². The number of hydrogen-bond acceptors (Lipinski definition) is 5. The number of nitrogens with two attached hydrogens (primary N) is 1. The number of likely N-dealkylation sites (N-methyl/N-ethyl adjacent to an activating group) is 1. The zero-order valence-corrected chi connectivity index (χ0v) is 12.0. The van der Waals surface area contributed by atoms with Gasteiger partial charge in [0.25, 0.3) is 0 Å². The molecule has 1 fully saturated rings. The quantitative estimate of drug-likeness (QED) is 0.779. The van der Waals surface area contributed by atoms with Gasteiger partial charge in [-0.25, -0.2) is 4.98 Å². The molecule has 0 spiro atoms. The summed E-state index contributed by atoms with van der Waals surface area (Å²) >= 11 is 0. The van der Waals surface area contributed by atoms with Gasteiger partial charge in [-0.2, -0.15) is 0 Å². The molecule has 1 aliphatic rings. The summed E-state index contributed by atoms with van der Waals surface area (Å²) in [6, 6.07) is 3.92. The zero-order valence-electron chi connectivity index (χ0n) is 12.0. The molecule has 6 nitrogen and oxygen atoms in total. The van der Waals surface area contributed by atoms with Crippen molar-refractivity contribution >= 4 is 11.7 Å². The Labute approximate surface area is 120 Å². The SMILES string of the molecule is CN1CCN(c2ncccc2CNC(=O)CCN)CC1. The van der Waals surface area contributed by atoms with E-state index in [0.717, 1.165) is 37.6 Å². The van der Waals surface area contributed by atoms with Crippen LogP contribution in [0.2, 0.25) is 0 Å². The van der Waals surface area contributed by atoms with Gasteiger partial charge in [-0.1, -0.05) is 6.07 Å². The molecule has 0 unspecified atom stereocenters. The van der Waals surface area contributed by atoms with E-state index in [1.165, 1.54) is 0 Å². The fourth-order valence-electron chi connectivity index (χ4n) is 2.28. The van der Waals surface area contributed by atoms with E-state index < -0.39 is 0 Å². The third kappa shape index (κ3) is 3.91. The summed E-state index contributed by atoms with van der Waals surface area (Å²) < 4.78 is 0. The van der Waals surface area contributed by atoms with E-state index in [2.05, 4.69) is 27.1 Å². The van der Waals surface area contributed by atoms with Crippen molar-refractivity contribution in [3.63, 3.8) is 0 Å². The van der Waals surface area contributed by atoms with Crippen molar-refractivity contribution in [1.82, 2.24) is 15.2 Å². The van der Waals surface area contributed by atoms with Gasteiger partial charge in [0, 0.05) is 57.4 Å². The summed E-state index contributed by atoms with van der Waals surface area (Å²) in [6.45, 7) is 4.90. The average molecular weight is 277 g/mol. The van der Waals surface area contributed by atoms with Gasteiger partial charge in [0.05, 0.1) is 0 Å². The molecule has 0 bridgehead atoms. The topological polar surface area (TPSA) is 74.5 Å². The maximum atomic E-state index is 11.5. The van der Waals surface area contributed by atoms with Gasteiger partial charge in [0.2, 0.25) is 5.91 Å². The molecule has 0 atom stereocenters. The van der Waals surface area contributed by atoms with Crippen LogP contribution < -0.4 is 16.0 Å². The van der Waals surface area contributed by atoms with E-state index in [-0.39, 0.29) is 5.91 Å². The normalized spacial score (nSPS) is 16.2. The molecule has 110 valence electrons. The number of piperazine rings is 1. The van der Waals surface area contributed by atoms with Crippen molar-refractivity contribution in [1.29, 1.82) is 0 Å². The summed E-state index contributed by atoms with van der Waals surface area (Å²) in [7, 11) is 2.13. The lowest BCUT2D eigenvalue weighted by Gasteiger charge is -2.34. The highest BCUT2D eigenvalue weighted by Gasteiger charge is 2.17. The van der Waals surface area contributed by atoms with Gasteiger partial charge < -0.3 is 20.9 Å². The van der Waals surface area contributed by atoms with E-state index >= 15 is 0 Å². The van der Waals surface area contributed by atoms with Crippen LogP contribution >= 0.6 is 0 Å². The number of anilines is 1. The molecule has 0 radical (unpaired) electrons. The van der Waals surface area contributed by atoms with Crippen molar-refractivity contribution in [2.24, 2.45) is 5.73 Å². The molecule has 0 aliphatic carbocycles. The summed E-state index contributed by atoms with van der Waals surface area (Å²) in [5.74, 6) is 0.967. The summed E-state index contributed by atoms with van der Waals surface area (Å²) in [5, 5.41) is 2.89. The third-order valence-electron chi connectivity index (χ3n) is 3.52. The molecule has 1 aliphatic heterocycles. The molecule has 1 aromatic rings. The van der Waals surface area contributed by atoms with Crippen LogP contribution in [0.1, 0.15) is 12.0 Å². The Morgan fingerprint density at radius 3 is 2.85 bits per heavy atom. The van der Waals surface area contributed by atoms with Crippen molar-refractivity contribution in [2.75, 3.05) is 44.7 Å². The van der Waals surface area contributed by atoms with Crippen molar-refractivity contribution in [3.05, 3.63) is 23.9 Å². The van der Waals surface area contributed by atoms with Crippen LogP contribution in [-0.2, 0) is 11.3 Å². The fourth-order valence-corrected chi connectivity index (χ4v) is 2.28. The molecule has 0 saturated carbocycles. The van der Waals surface area contributed by atoms with Crippen LogP contribution in [0.5, 0.6) is 0 Å². The third-order valence-corrected chi connectivity index (χ3v) is 3.52. The Morgan fingerprint density at radius 2 is 2.15 bits per heavy atom. The lowest BCUT2D eigenvalue weighted by atomic mass is 10.2. The second kappa shape index (κ2) is 7.21. The minimum atomic E-state index is -0.0133. The maximum absolute atomic E-state index is 11.5. The number of hydrogen-bond donors (Lipinski definition) is 2. The summed E-state index contributed by atoms with van der Waals surface area (Å²) in [4.78, 5) is 20.6. The highest BCUT2D eigenvalue weighted by molar-refractivity contribution is 5.76. The first-order chi connectivity index (χ1) is 9.70. The molecule has 1 amide bonds. The second-order valence-electron chi connectivity index (χ2n) is 5.09. The number of rotatable bonds is 5. The molecule has 1 saturated heterocycles. The minimum Gasteiger partial charge on any atom is -0.354 e. The highest BCUT2D eigenvalue weighted by atomic mass is 16.1. The largest absolute Gasteiger partial charge is 0.354 e. The number of carbonyl (C=O) groups is 1. The fraction of sp³-hybridized carbons (Fsp3) is 0.571. The Kier molecular flexibility index (Phi) is 5.31. The van der Waals surface area contributed by atoms with Crippen LogP contribution in [0.25, 0.3) is 0 Å². The smallest absolute Gasteiger partial charge is 0.221 e. The molecule has 20 heavy (non-hydrogen) atoms. The van der Waals surface area contributed by atoms with Crippen LogP contribution in [0.15, 0.2) is 18.3 Å². The van der Waals surface area contributed by atoms with Crippen molar-refractivity contribution < 1.29 is 4.79 Å². The Balaban J connectivity index is 2.00. The van der Waals surface area contributed by atoms with E-state index in [1.807, 2.05) is 12.1 Å². The monoisotopic (exact) mass is 277 g/mol. The Bertz CT molecular complexity index is 443. The molecular formula is C14H23N5O. The average Bonchev–Trinajstić information content (AvgIpc) is 2.47. The highest BCUT2D eigenvalue weighted by Crippen LogP contribution is 2.18. The van der Waals surface area contributed by atoms with Gasteiger partial charge in [-0.3, -0.25) is 4.79 Å². The van der Waals surface area contributed by atoms with Crippen molar-refractivity contribution in [2.45, 2.75) is 13.0 Å². The van der Waals surface area contributed by atoms with Crippen molar-refractivity contribution in [3.8, 4) is 0 Å². The zero-order chi connectivity index (χ0) is 14.4. The first kappa shape index (κ1) is 14.7. The molecule has 3 N–H and O–H groups in total. The Morgan fingerprint density at radius 1 is 1.40 bits per heavy atom. The van der Waals surface area contributed by atoms with E-state index in [1.54, 1.807) is 6.20 Å². The predicted octanol–water partition coefficient (Wildman–Crippen LogP) is -0.202.